The molecule has 8 nitrogen and oxygen atoms in total. The lowest BCUT2D eigenvalue weighted by Gasteiger charge is -2.34. The number of benzene rings is 1. The largest absolute Gasteiger partial charge is 0.491 e. The predicted octanol–water partition coefficient (Wildman–Crippen LogP) is 2.65. The number of carbonyl (C=O) groups excluding carboxylic acids is 2. The number of hydrogen-bond acceptors (Lipinski definition) is 5. The average Bonchev–Trinajstić information content (AvgIpc) is 2.73. The fourth-order valence-electron chi connectivity index (χ4n) is 3.45. The number of carbonyl (C=O) groups is 2. The monoisotopic (exact) mass is 420 g/mol. The van der Waals surface area contributed by atoms with Gasteiger partial charge in [-0.1, -0.05) is 13.8 Å². The second-order valence-corrected chi connectivity index (χ2v) is 8.13. The van der Waals surface area contributed by atoms with Gasteiger partial charge in [0.05, 0.1) is 11.7 Å². The molecule has 0 aliphatic carbocycles. The SMILES string of the molecule is CCCNC(=O)Nc1ccc2c(c1)C(=O)N(C)C[C@@H](OC)[C@@H](C)CN(C)[C@@H](C)CO2. The summed E-state index contributed by atoms with van der Waals surface area (Å²) in [4.78, 5) is 29.1. The maximum absolute atomic E-state index is 13.2. The molecule has 8 heteroatoms. The van der Waals surface area contributed by atoms with Crippen LogP contribution in [0.5, 0.6) is 5.75 Å². The third-order valence-corrected chi connectivity index (χ3v) is 5.55. The molecule has 0 fully saturated rings. The highest BCUT2D eigenvalue weighted by molar-refractivity contribution is 5.99. The van der Waals surface area contributed by atoms with Crippen LogP contribution in [0.2, 0.25) is 0 Å². The van der Waals surface area contributed by atoms with Crippen LogP contribution in [-0.4, -0.2) is 81.3 Å². The fourth-order valence-corrected chi connectivity index (χ4v) is 3.45. The molecule has 0 spiro atoms. The van der Waals surface area contributed by atoms with Gasteiger partial charge in [-0.15, -0.1) is 0 Å². The molecule has 168 valence electrons. The first-order chi connectivity index (χ1) is 14.3. The second kappa shape index (κ2) is 11.2. The Bertz CT molecular complexity index is 727. The lowest BCUT2D eigenvalue weighted by molar-refractivity contribution is 0.0150. The topological polar surface area (TPSA) is 83.1 Å². The summed E-state index contributed by atoms with van der Waals surface area (Å²) in [5.41, 5.74) is 0.963. The Morgan fingerprint density at radius 2 is 2.00 bits per heavy atom. The number of ether oxygens (including phenoxy) is 2. The molecule has 1 aliphatic heterocycles. The Kier molecular flexibility index (Phi) is 8.92. The molecule has 0 unspecified atom stereocenters. The number of fused-ring (bicyclic) bond motifs is 1. The van der Waals surface area contributed by atoms with E-state index in [4.69, 9.17) is 9.47 Å². The maximum Gasteiger partial charge on any atom is 0.319 e. The van der Waals surface area contributed by atoms with Crippen molar-refractivity contribution in [1.82, 2.24) is 15.1 Å². The van der Waals surface area contributed by atoms with Crippen molar-refractivity contribution in [2.45, 2.75) is 39.3 Å². The first-order valence-electron chi connectivity index (χ1n) is 10.6. The van der Waals surface area contributed by atoms with Gasteiger partial charge < -0.3 is 25.0 Å². The van der Waals surface area contributed by atoms with Gasteiger partial charge in [0.1, 0.15) is 12.4 Å². The summed E-state index contributed by atoms with van der Waals surface area (Å²) in [7, 11) is 5.51. The molecule has 1 aromatic carbocycles. The van der Waals surface area contributed by atoms with Crippen LogP contribution in [-0.2, 0) is 4.74 Å². The molecule has 2 rings (SSSR count). The van der Waals surface area contributed by atoms with Crippen molar-refractivity contribution in [1.29, 1.82) is 0 Å². The van der Waals surface area contributed by atoms with Crippen LogP contribution in [0.1, 0.15) is 37.6 Å². The van der Waals surface area contributed by atoms with Gasteiger partial charge in [-0.05, 0) is 44.5 Å². The number of likely N-dealkylation sites (N-methyl/N-ethyl adjacent to an activating group) is 2. The minimum absolute atomic E-state index is 0.0847. The molecule has 3 atom stereocenters. The van der Waals surface area contributed by atoms with Gasteiger partial charge >= 0.3 is 6.03 Å². The van der Waals surface area contributed by atoms with Crippen LogP contribution in [0.4, 0.5) is 10.5 Å². The smallest absolute Gasteiger partial charge is 0.319 e. The van der Waals surface area contributed by atoms with Crippen molar-refractivity contribution >= 4 is 17.6 Å². The first kappa shape index (κ1) is 24.0. The quantitative estimate of drug-likeness (QED) is 0.783. The molecule has 1 aliphatic rings. The predicted molar refractivity (Wildman–Crippen MR) is 118 cm³/mol. The van der Waals surface area contributed by atoms with Gasteiger partial charge in [-0.2, -0.15) is 0 Å². The minimum Gasteiger partial charge on any atom is -0.491 e. The first-order valence-corrected chi connectivity index (χ1v) is 10.6. The number of rotatable bonds is 4. The molecule has 0 radical (unpaired) electrons. The lowest BCUT2D eigenvalue weighted by atomic mass is 10.0. The van der Waals surface area contributed by atoms with E-state index in [9.17, 15) is 9.59 Å². The summed E-state index contributed by atoms with van der Waals surface area (Å²) < 4.78 is 11.7. The number of amides is 3. The second-order valence-electron chi connectivity index (χ2n) is 8.13. The van der Waals surface area contributed by atoms with Gasteiger partial charge in [-0.3, -0.25) is 9.69 Å². The van der Waals surface area contributed by atoms with Crippen LogP contribution < -0.4 is 15.4 Å². The van der Waals surface area contributed by atoms with Gasteiger partial charge in [0.25, 0.3) is 5.91 Å². The zero-order chi connectivity index (χ0) is 22.3. The lowest BCUT2D eigenvalue weighted by Crippen LogP contribution is -2.45. The van der Waals surface area contributed by atoms with Crippen LogP contribution in [0.3, 0.4) is 0 Å². The minimum atomic E-state index is -0.296. The van der Waals surface area contributed by atoms with Crippen molar-refractivity contribution < 1.29 is 19.1 Å². The van der Waals surface area contributed by atoms with Crippen molar-refractivity contribution in [3.05, 3.63) is 23.8 Å². The fraction of sp³-hybridized carbons (Fsp3) is 0.636. The maximum atomic E-state index is 13.2. The molecular formula is C22H36N4O4. The van der Waals surface area contributed by atoms with E-state index in [1.54, 1.807) is 37.3 Å². The number of urea groups is 1. The summed E-state index contributed by atoms with van der Waals surface area (Å²) in [5, 5.41) is 5.55. The summed E-state index contributed by atoms with van der Waals surface area (Å²) in [5.74, 6) is 0.583. The van der Waals surface area contributed by atoms with Gasteiger partial charge in [-0.25, -0.2) is 4.79 Å². The summed E-state index contributed by atoms with van der Waals surface area (Å²) in [6, 6.07) is 5.03. The van der Waals surface area contributed by atoms with E-state index < -0.39 is 0 Å². The third-order valence-electron chi connectivity index (χ3n) is 5.55. The Morgan fingerprint density at radius 1 is 1.27 bits per heavy atom. The molecule has 1 aromatic rings. The Hall–Kier alpha value is -2.32. The highest BCUT2D eigenvalue weighted by Crippen LogP contribution is 2.26. The summed E-state index contributed by atoms with van der Waals surface area (Å²) in [6.45, 7) is 8.56. The van der Waals surface area contributed by atoms with E-state index in [0.717, 1.165) is 13.0 Å². The van der Waals surface area contributed by atoms with Crippen molar-refractivity contribution in [2.24, 2.45) is 5.92 Å². The zero-order valence-corrected chi connectivity index (χ0v) is 19.0. The number of methoxy groups -OCH3 is 1. The summed E-state index contributed by atoms with van der Waals surface area (Å²) in [6.07, 6.45) is 0.763. The number of anilines is 1. The molecule has 0 aromatic heterocycles. The highest BCUT2D eigenvalue weighted by atomic mass is 16.5. The van der Waals surface area contributed by atoms with Crippen molar-refractivity contribution in [2.75, 3.05) is 52.8 Å². The molecule has 0 bridgehead atoms. The van der Waals surface area contributed by atoms with E-state index in [1.165, 1.54) is 0 Å². The van der Waals surface area contributed by atoms with Crippen LogP contribution in [0.25, 0.3) is 0 Å². The standard InChI is InChI=1S/C22H36N4O4/c1-7-10-23-22(28)24-17-8-9-19-18(11-17)21(27)26(5)13-20(29-6)15(2)12-25(4)16(3)14-30-19/h8-9,11,15-16,20H,7,10,12-14H2,1-6H3,(H2,23,24,28)/t15-,16-,20+/m0/s1. The third kappa shape index (κ3) is 6.34. The number of nitrogens with zero attached hydrogens (tertiary/aromatic N) is 2. The number of hydrogen-bond donors (Lipinski definition) is 2. The van der Waals surface area contributed by atoms with Gasteiger partial charge in [0, 0.05) is 45.5 Å². The molecule has 2 N–H and O–H groups in total. The van der Waals surface area contributed by atoms with Crippen LogP contribution in [0.15, 0.2) is 18.2 Å². The Morgan fingerprint density at radius 3 is 2.67 bits per heavy atom. The van der Waals surface area contributed by atoms with Gasteiger partial charge in [0.15, 0.2) is 0 Å². The summed E-state index contributed by atoms with van der Waals surface area (Å²) >= 11 is 0. The molecule has 3 amide bonds. The van der Waals surface area contributed by atoms with E-state index in [2.05, 4.69) is 36.4 Å². The van der Waals surface area contributed by atoms with Crippen LogP contribution >= 0.6 is 0 Å². The molecule has 0 saturated carbocycles. The normalized spacial score (nSPS) is 23.6. The van der Waals surface area contributed by atoms with Gasteiger partial charge in [0.2, 0.25) is 0 Å². The Balaban J connectivity index is 2.33. The Labute approximate surface area is 179 Å². The van der Waals surface area contributed by atoms with Crippen molar-refractivity contribution in [3.8, 4) is 5.75 Å². The van der Waals surface area contributed by atoms with E-state index in [-0.39, 0.29) is 30.0 Å². The average molecular weight is 421 g/mol. The van der Waals surface area contributed by atoms with E-state index in [0.29, 0.717) is 36.7 Å². The van der Waals surface area contributed by atoms with E-state index in [1.807, 2.05) is 6.92 Å². The molecular weight excluding hydrogens is 384 g/mol. The molecule has 1 heterocycles. The van der Waals surface area contributed by atoms with E-state index >= 15 is 0 Å². The zero-order valence-electron chi connectivity index (χ0n) is 19.0. The number of nitrogens with one attached hydrogen (secondary N) is 2. The van der Waals surface area contributed by atoms with Crippen LogP contribution in [0, 0.1) is 5.92 Å². The molecule has 30 heavy (non-hydrogen) atoms. The highest BCUT2D eigenvalue weighted by Gasteiger charge is 2.27. The van der Waals surface area contributed by atoms with Crippen molar-refractivity contribution in [3.63, 3.8) is 0 Å². The molecule has 0 saturated heterocycles.